The number of anilines is 1. The van der Waals surface area contributed by atoms with Crippen LogP contribution in [0.2, 0.25) is 0 Å². The van der Waals surface area contributed by atoms with Gasteiger partial charge in [0, 0.05) is 42.8 Å². The van der Waals surface area contributed by atoms with Crippen LogP contribution < -0.4 is 10.5 Å². The number of nitrogens with one attached hydrogen (secondary N) is 1. The molecule has 2 aliphatic rings. The van der Waals surface area contributed by atoms with Crippen LogP contribution in [-0.4, -0.2) is 56.3 Å². The van der Waals surface area contributed by atoms with Crippen molar-refractivity contribution in [1.82, 2.24) is 30.1 Å². The lowest BCUT2D eigenvalue weighted by atomic mass is 9.98. The van der Waals surface area contributed by atoms with Gasteiger partial charge < -0.3 is 9.88 Å². The Morgan fingerprint density at radius 3 is 2.37 bits per heavy atom. The van der Waals surface area contributed by atoms with Gasteiger partial charge in [-0.3, -0.25) is 9.69 Å². The SMILES string of the molecule is Cc1ccc(C)c(N2CCN([C@@H](c3cc4c(C)ccc(C)c4[nH]c3=O)c3nnnn3C3CCCC3)CC2)c1. The number of H-pyrrole nitrogens is 1. The number of nitrogens with zero attached hydrogens (tertiary/aromatic N) is 6. The van der Waals surface area contributed by atoms with Crippen LogP contribution in [0.1, 0.15) is 71.4 Å². The molecule has 0 spiro atoms. The third-order valence-corrected chi connectivity index (χ3v) is 8.59. The molecule has 0 bridgehead atoms. The summed E-state index contributed by atoms with van der Waals surface area (Å²) >= 11 is 0. The van der Waals surface area contributed by atoms with Gasteiger partial charge in [-0.1, -0.05) is 37.1 Å². The Kier molecular flexibility index (Phi) is 6.51. The van der Waals surface area contributed by atoms with E-state index >= 15 is 0 Å². The molecule has 1 saturated carbocycles. The summed E-state index contributed by atoms with van der Waals surface area (Å²) in [5.74, 6) is 0.784. The summed E-state index contributed by atoms with van der Waals surface area (Å²) in [7, 11) is 0. The van der Waals surface area contributed by atoms with E-state index in [1.165, 1.54) is 29.7 Å². The quantitative estimate of drug-likeness (QED) is 0.415. The topological polar surface area (TPSA) is 82.9 Å². The Hall–Kier alpha value is -3.52. The van der Waals surface area contributed by atoms with Gasteiger partial charge in [-0.25, -0.2) is 4.68 Å². The van der Waals surface area contributed by atoms with Crippen LogP contribution in [0, 0.1) is 27.7 Å². The highest BCUT2D eigenvalue weighted by molar-refractivity contribution is 5.85. The number of aryl methyl sites for hydroxylation is 4. The molecule has 2 aromatic heterocycles. The smallest absolute Gasteiger partial charge is 0.253 e. The van der Waals surface area contributed by atoms with Crippen LogP contribution in [0.25, 0.3) is 10.9 Å². The summed E-state index contributed by atoms with van der Waals surface area (Å²) in [6.45, 7) is 11.9. The van der Waals surface area contributed by atoms with E-state index in [0.29, 0.717) is 6.04 Å². The van der Waals surface area contributed by atoms with Gasteiger partial charge in [0.1, 0.15) is 6.04 Å². The zero-order valence-corrected chi connectivity index (χ0v) is 22.9. The Balaban J connectivity index is 1.41. The van der Waals surface area contributed by atoms with Gasteiger partial charge in [0.15, 0.2) is 5.82 Å². The second-order valence-electron chi connectivity index (χ2n) is 11.2. The molecule has 4 aromatic rings. The normalized spacial score (nSPS) is 17.9. The number of piperazine rings is 1. The highest BCUT2D eigenvalue weighted by atomic mass is 16.1. The Morgan fingerprint density at radius 2 is 1.61 bits per heavy atom. The first-order chi connectivity index (χ1) is 18.4. The van der Waals surface area contributed by atoms with Crippen LogP contribution in [0.3, 0.4) is 0 Å². The van der Waals surface area contributed by atoms with Crippen LogP contribution in [0.5, 0.6) is 0 Å². The van der Waals surface area contributed by atoms with Crippen molar-refractivity contribution in [2.24, 2.45) is 0 Å². The van der Waals surface area contributed by atoms with Crippen LogP contribution in [0.15, 0.2) is 41.2 Å². The molecular weight excluding hydrogens is 474 g/mol. The predicted molar refractivity (Wildman–Crippen MR) is 151 cm³/mol. The lowest BCUT2D eigenvalue weighted by molar-refractivity contribution is 0.196. The Morgan fingerprint density at radius 1 is 0.895 bits per heavy atom. The van der Waals surface area contributed by atoms with Crippen molar-refractivity contribution in [2.45, 2.75) is 65.5 Å². The number of aromatic nitrogens is 5. The predicted octanol–water partition coefficient (Wildman–Crippen LogP) is 4.77. The number of tetrazole rings is 1. The van der Waals surface area contributed by atoms with Crippen molar-refractivity contribution in [3.63, 3.8) is 0 Å². The third kappa shape index (κ3) is 4.41. The van der Waals surface area contributed by atoms with Crippen molar-refractivity contribution >= 4 is 16.6 Å². The van der Waals surface area contributed by atoms with E-state index < -0.39 is 0 Å². The van der Waals surface area contributed by atoms with Gasteiger partial charge in [-0.05, 0) is 85.3 Å². The molecule has 1 aliphatic heterocycles. The van der Waals surface area contributed by atoms with Crippen LogP contribution in [0.4, 0.5) is 5.69 Å². The largest absolute Gasteiger partial charge is 0.369 e. The summed E-state index contributed by atoms with van der Waals surface area (Å²) in [6, 6.07) is 12.9. The standard InChI is InChI=1S/C30H37N7O/c1-19-9-10-21(3)26(17-19)35-13-15-36(16-14-35)28(29-32-33-34-37(29)23-7-5-6-8-23)25-18-24-20(2)11-12-22(4)27(24)31-30(25)38/h9-12,17-18,23,28H,5-8,13-16H2,1-4H3,(H,31,38)/t28-/m0/s1. The molecule has 1 saturated heterocycles. The number of fused-ring (bicyclic) bond motifs is 1. The molecule has 2 aromatic carbocycles. The minimum atomic E-state index is -0.306. The lowest BCUT2D eigenvalue weighted by Gasteiger charge is -2.40. The fourth-order valence-corrected chi connectivity index (χ4v) is 6.36. The van der Waals surface area contributed by atoms with E-state index in [1.807, 2.05) is 11.6 Å². The first-order valence-corrected chi connectivity index (χ1v) is 13.9. The highest BCUT2D eigenvalue weighted by Crippen LogP contribution is 2.35. The maximum Gasteiger partial charge on any atom is 0.253 e. The number of hydrogen-bond acceptors (Lipinski definition) is 6. The average Bonchev–Trinajstić information content (AvgIpc) is 3.62. The van der Waals surface area contributed by atoms with Crippen molar-refractivity contribution in [1.29, 1.82) is 0 Å². The maximum absolute atomic E-state index is 13.7. The second-order valence-corrected chi connectivity index (χ2v) is 11.2. The fraction of sp³-hybridized carbons (Fsp3) is 0.467. The number of hydrogen-bond donors (Lipinski definition) is 1. The van der Waals surface area contributed by atoms with E-state index in [2.05, 4.69) is 87.5 Å². The van der Waals surface area contributed by atoms with E-state index in [-0.39, 0.29) is 11.6 Å². The summed E-state index contributed by atoms with van der Waals surface area (Å²) < 4.78 is 2.02. The highest BCUT2D eigenvalue weighted by Gasteiger charge is 2.35. The molecule has 6 rings (SSSR count). The molecule has 2 fully saturated rings. The average molecular weight is 512 g/mol. The molecule has 8 heteroatoms. The van der Waals surface area contributed by atoms with Crippen molar-refractivity contribution < 1.29 is 0 Å². The summed E-state index contributed by atoms with van der Waals surface area (Å²) in [5.41, 5.74) is 7.66. The third-order valence-electron chi connectivity index (χ3n) is 8.59. The summed E-state index contributed by atoms with van der Waals surface area (Å²) in [5, 5.41) is 14.2. The zero-order chi connectivity index (χ0) is 26.4. The molecule has 1 atom stereocenters. The second kappa shape index (κ2) is 9.98. The van der Waals surface area contributed by atoms with Crippen LogP contribution in [-0.2, 0) is 0 Å². The molecule has 0 unspecified atom stereocenters. The molecule has 8 nitrogen and oxygen atoms in total. The van der Waals surface area contributed by atoms with Crippen molar-refractivity contribution in [2.75, 3.05) is 31.1 Å². The number of benzene rings is 2. The van der Waals surface area contributed by atoms with Gasteiger partial charge in [0.05, 0.1) is 11.6 Å². The molecule has 38 heavy (non-hydrogen) atoms. The van der Waals surface area contributed by atoms with E-state index in [9.17, 15) is 4.79 Å². The van der Waals surface area contributed by atoms with Crippen molar-refractivity contribution in [3.8, 4) is 0 Å². The number of pyridine rings is 1. The Bertz CT molecular complexity index is 1520. The Labute approximate surface area is 223 Å². The van der Waals surface area contributed by atoms with Crippen LogP contribution >= 0.6 is 0 Å². The molecule has 0 radical (unpaired) electrons. The van der Waals surface area contributed by atoms with E-state index in [1.54, 1.807) is 0 Å². The molecule has 3 heterocycles. The summed E-state index contributed by atoms with van der Waals surface area (Å²) in [6.07, 6.45) is 4.55. The monoisotopic (exact) mass is 511 g/mol. The molecule has 1 N–H and O–H groups in total. The minimum Gasteiger partial charge on any atom is -0.369 e. The molecule has 198 valence electrons. The minimum absolute atomic E-state index is 0.0610. The first kappa shape index (κ1) is 24.8. The van der Waals surface area contributed by atoms with Gasteiger partial charge in [0.25, 0.3) is 5.56 Å². The first-order valence-electron chi connectivity index (χ1n) is 13.9. The van der Waals surface area contributed by atoms with E-state index in [4.69, 9.17) is 0 Å². The number of rotatable bonds is 5. The fourth-order valence-electron chi connectivity index (χ4n) is 6.36. The van der Waals surface area contributed by atoms with Gasteiger partial charge in [0.2, 0.25) is 0 Å². The molecule has 1 aliphatic carbocycles. The lowest BCUT2D eigenvalue weighted by Crippen LogP contribution is -2.49. The van der Waals surface area contributed by atoms with Gasteiger partial charge in [-0.2, -0.15) is 0 Å². The van der Waals surface area contributed by atoms with Gasteiger partial charge >= 0.3 is 0 Å². The van der Waals surface area contributed by atoms with E-state index in [0.717, 1.165) is 72.4 Å². The molecular formula is C30H37N7O. The maximum atomic E-state index is 13.7. The van der Waals surface area contributed by atoms with Gasteiger partial charge in [-0.15, -0.1) is 5.10 Å². The zero-order valence-electron chi connectivity index (χ0n) is 22.9. The molecule has 0 amide bonds. The number of aromatic amines is 1. The summed E-state index contributed by atoms with van der Waals surface area (Å²) in [4.78, 5) is 21.8. The van der Waals surface area contributed by atoms with Crippen molar-refractivity contribution in [3.05, 3.63) is 80.4 Å².